The average Bonchev–Trinajstić information content (AvgIpc) is 2.56. The molecule has 1 heterocycles. The SMILES string of the molecule is C[C@@H](OC(=O)c1nc(Cl)c(Cl)c(N)c1Cl)C(=O)Nc1ccccc1. The Bertz CT molecular complexity index is 785. The van der Waals surface area contributed by atoms with Gasteiger partial charge in [0, 0.05) is 5.69 Å². The zero-order valence-electron chi connectivity index (χ0n) is 12.3. The largest absolute Gasteiger partial charge is 0.448 e. The molecule has 0 fully saturated rings. The summed E-state index contributed by atoms with van der Waals surface area (Å²) < 4.78 is 5.05. The molecular weight excluding hydrogens is 377 g/mol. The quantitative estimate of drug-likeness (QED) is 0.613. The number of anilines is 2. The van der Waals surface area contributed by atoms with Gasteiger partial charge in [-0.05, 0) is 19.1 Å². The lowest BCUT2D eigenvalue weighted by molar-refractivity contribution is -0.123. The smallest absolute Gasteiger partial charge is 0.359 e. The van der Waals surface area contributed by atoms with Crippen LogP contribution in [0, 0.1) is 0 Å². The van der Waals surface area contributed by atoms with E-state index in [4.69, 9.17) is 45.3 Å². The molecule has 0 saturated carbocycles. The first kappa shape index (κ1) is 18.3. The Morgan fingerprint density at radius 2 is 1.79 bits per heavy atom. The number of halogens is 3. The molecule has 1 amide bonds. The molecule has 1 aromatic heterocycles. The van der Waals surface area contributed by atoms with Crippen molar-refractivity contribution in [2.24, 2.45) is 0 Å². The predicted octanol–water partition coefficient (Wildman–Crippen LogP) is 3.81. The summed E-state index contributed by atoms with van der Waals surface area (Å²) in [5.41, 5.74) is 5.80. The fourth-order valence-corrected chi connectivity index (χ4v) is 2.29. The van der Waals surface area contributed by atoms with Gasteiger partial charge in [0.05, 0.1) is 10.7 Å². The van der Waals surface area contributed by atoms with Gasteiger partial charge in [0.2, 0.25) is 0 Å². The van der Waals surface area contributed by atoms with E-state index in [0.717, 1.165) is 0 Å². The molecule has 0 aliphatic carbocycles. The number of esters is 1. The summed E-state index contributed by atoms with van der Waals surface area (Å²) in [6, 6.07) is 8.72. The maximum atomic E-state index is 12.1. The van der Waals surface area contributed by atoms with Gasteiger partial charge in [0.15, 0.2) is 17.0 Å². The number of hydrogen-bond acceptors (Lipinski definition) is 5. The van der Waals surface area contributed by atoms with Crippen LogP contribution >= 0.6 is 34.8 Å². The maximum Gasteiger partial charge on any atom is 0.359 e. The molecule has 126 valence electrons. The number of pyridine rings is 1. The number of carbonyl (C=O) groups excluding carboxylic acids is 2. The highest BCUT2D eigenvalue weighted by molar-refractivity contribution is 6.46. The lowest BCUT2D eigenvalue weighted by Gasteiger charge is -2.14. The van der Waals surface area contributed by atoms with Crippen LogP contribution in [0.15, 0.2) is 30.3 Å². The number of amides is 1. The van der Waals surface area contributed by atoms with E-state index in [1.165, 1.54) is 6.92 Å². The van der Waals surface area contributed by atoms with Crippen LogP contribution in [0.4, 0.5) is 11.4 Å². The van der Waals surface area contributed by atoms with Crippen LogP contribution in [0.25, 0.3) is 0 Å². The van der Waals surface area contributed by atoms with Gasteiger partial charge in [0.25, 0.3) is 5.91 Å². The second-order valence-corrected chi connectivity index (χ2v) is 5.81. The molecule has 24 heavy (non-hydrogen) atoms. The van der Waals surface area contributed by atoms with Crippen molar-refractivity contribution < 1.29 is 14.3 Å². The Labute approximate surface area is 152 Å². The standard InChI is InChI=1S/C15H12Cl3N3O3/c1-7(14(22)20-8-5-3-2-4-6-8)24-15(23)12-9(16)11(19)10(17)13(18)21-12/h2-7H,1H3,(H2,19,21)(H,20,22)/t7-/m1/s1. The number of hydrogen-bond donors (Lipinski definition) is 2. The van der Waals surface area contributed by atoms with E-state index < -0.39 is 18.0 Å². The molecule has 2 aromatic rings. The third-order valence-corrected chi connectivity index (χ3v) is 4.10. The van der Waals surface area contributed by atoms with E-state index in [0.29, 0.717) is 5.69 Å². The van der Waals surface area contributed by atoms with Crippen molar-refractivity contribution in [3.05, 3.63) is 51.2 Å². The van der Waals surface area contributed by atoms with Crippen LogP contribution < -0.4 is 11.1 Å². The van der Waals surface area contributed by atoms with Crippen molar-refractivity contribution in [2.75, 3.05) is 11.1 Å². The van der Waals surface area contributed by atoms with E-state index >= 15 is 0 Å². The molecule has 6 nitrogen and oxygen atoms in total. The van der Waals surface area contributed by atoms with Gasteiger partial charge in [-0.25, -0.2) is 9.78 Å². The molecule has 0 unspecified atom stereocenters. The minimum Gasteiger partial charge on any atom is -0.448 e. The Kier molecular flexibility index (Phi) is 5.88. The Balaban J connectivity index is 2.10. The Hall–Kier alpha value is -2.02. The van der Waals surface area contributed by atoms with Crippen molar-refractivity contribution in [3.63, 3.8) is 0 Å². The molecule has 2 rings (SSSR count). The zero-order chi connectivity index (χ0) is 17.9. The minimum absolute atomic E-state index is 0.0620. The highest BCUT2D eigenvalue weighted by atomic mass is 35.5. The number of nitrogens with zero attached hydrogens (tertiary/aromatic N) is 1. The first-order valence-electron chi connectivity index (χ1n) is 6.68. The van der Waals surface area contributed by atoms with Crippen molar-refractivity contribution >= 4 is 58.1 Å². The fourth-order valence-electron chi connectivity index (χ4n) is 1.70. The number of aromatic nitrogens is 1. The van der Waals surface area contributed by atoms with Crippen molar-refractivity contribution in [1.29, 1.82) is 0 Å². The van der Waals surface area contributed by atoms with Gasteiger partial charge < -0.3 is 15.8 Å². The fraction of sp³-hybridized carbons (Fsp3) is 0.133. The Morgan fingerprint density at radius 3 is 2.42 bits per heavy atom. The predicted molar refractivity (Wildman–Crippen MR) is 93.6 cm³/mol. The molecule has 0 saturated heterocycles. The molecule has 0 bridgehead atoms. The summed E-state index contributed by atoms with van der Waals surface area (Å²) in [5.74, 6) is -1.46. The molecule has 1 aromatic carbocycles. The number of nitrogen functional groups attached to an aromatic ring is 1. The second-order valence-electron chi connectivity index (χ2n) is 4.70. The number of ether oxygens (including phenoxy) is 1. The van der Waals surface area contributed by atoms with E-state index in [9.17, 15) is 9.59 Å². The van der Waals surface area contributed by atoms with Crippen molar-refractivity contribution in [1.82, 2.24) is 4.98 Å². The summed E-state index contributed by atoms with van der Waals surface area (Å²) in [6.45, 7) is 1.41. The summed E-state index contributed by atoms with van der Waals surface area (Å²) >= 11 is 17.5. The van der Waals surface area contributed by atoms with E-state index in [-0.39, 0.29) is 26.6 Å². The monoisotopic (exact) mass is 387 g/mol. The van der Waals surface area contributed by atoms with Gasteiger partial charge in [-0.15, -0.1) is 0 Å². The van der Waals surface area contributed by atoms with Gasteiger partial charge in [-0.2, -0.15) is 0 Å². The van der Waals surface area contributed by atoms with Crippen LogP contribution in [0.1, 0.15) is 17.4 Å². The van der Waals surface area contributed by atoms with Gasteiger partial charge in [0.1, 0.15) is 5.02 Å². The minimum atomic E-state index is -1.09. The lowest BCUT2D eigenvalue weighted by Crippen LogP contribution is -2.30. The molecule has 0 radical (unpaired) electrons. The molecule has 0 spiro atoms. The molecule has 0 aliphatic heterocycles. The summed E-state index contributed by atoms with van der Waals surface area (Å²) in [7, 11) is 0. The highest BCUT2D eigenvalue weighted by Gasteiger charge is 2.25. The third-order valence-electron chi connectivity index (χ3n) is 2.96. The molecule has 3 N–H and O–H groups in total. The lowest BCUT2D eigenvalue weighted by atomic mass is 10.3. The van der Waals surface area contributed by atoms with Gasteiger partial charge in [-0.3, -0.25) is 4.79 Å². The van der Waals surface area contributed by atoms with Crippen LogP contribution in [0.3, 0.4) is 0 Å². The summed E-state index contributed by atoms with van der Waals surface area (Å²) in [6.07, 6.45) is -1.09. The normalized spacial score (nSPS) is 11.7. The number of nitrogens with one attached hydrogen (secondary N) is 1. The second kappa shape index (κ2) is 7.70. The third kappa shape index (κ3) is 4.08. The van der Waals surface area contributed by atoms with Crippen LogP contribution in [-0.2, 0) is 9.53 Å². The summed E-state index contributed by atoms with van der Waals surface area (Å²) in [4.78, 5) is 27.9. The molecule has 0 aliphatic rings. The zero-order valence-corrected chi connectivity index (χ0v) is 14.6. The number of carbonyl (C=O) groups is 2. The molecule has 1 atom stereocenters. The number of benzene rings is 1. The van der Waals surface area contributed by atoms with Crippen molar-refractivity contribution in [2.45, 2.75) is 13.0 Å². The number of rotatable bonds is 4. The first-order valence-corrected chi connectivity index (χ1v) is 7.81. The Morgan fingerprint density at radius 1 is 1.17 bits per heavy atom. The van der Waals surface area contributed by atoms with Crippen LogP contribution in [0.2, 0.25) is 15.2 Å². The molecular formula is C15H12Cl3N3O3. The highest BCUT2D eigenvalue weighted by Crippen LogP contribution is 2.34. The van der Waals surface area contributed by atoms with E-state index in [1.807, 2.05) is 6.07 Å². The van der Waals surface area contributed by atoms with Crippen LogP contribution in [-0.4, -0.2) is 23.0 Å². The number of para-hydroxylation sites is 1. The first-order chi connectivity index (χ1) is 11.3. The van der Waals surface area contributed by atoms with Gasteiger partial charge >= 0.3 is 5.97 Å². The van der Waals surface area contributed by atoms with E-state index in [2.05, 4.69) is 10.3 Å². The topological polar surface area (TPSA) is 94.3 Å². The average molecular weight is 389 g/mol. The van der Waals surface area contributed by atoms with Gasteiger partial charge in [-0.1, -0.05) is 53.0 Å². The van der Waals surface area contributed by atoms with E-state index in [1.54, 1.807) is 24.3 Å². The maximum absolute atomic E-state index is 12.1. The van der Waals surface area contributed by atoms with Crippen LogP contribution in [0.5, 0.6) is 0 Å². The number of nitrogens with two attached hydrogens (primary N) is 1. The summed E-state index contributed by atoms with van der Waals surface area (Å²) in [5, 5.41) is 2.16. The van der Waals surface area contributed by atoms with Crippen molar-refractivity contribution in [3.8, 4) is 0 Å². The molecule has 9 heteroatoms.